The zero-order valence-corrected chi connectivity index (χ0v) is 12.0. The zero-order chi connectivity index (χ0) is 13.5. The molecule has 0 saturated heterocycles. The Morgan fingerprint density at radius 2 is 2.00 bits per heavy atom. The Morgan fingerprint density at radius 1 is 1.32 bits per heavy atom. The highest BCUT2D eigenvalue weighted by Crippen LogP contribution is 2.28. The maximum absolute atomic E-state index is 10.2. The minimum Gasteiger partial charge on any atom is -0.392 e. The number of nitrogens with zero attached hydrogens (tertiary/aromatic N) is 2. The van der Waals surface area contributed by atoms with Gasteiger partial charge in [0, 0.05) is 25.5 Å². The maximum Gasteiger partial charge on any atom is 0.0669 e. The normalized spacial score (nSPS) is 18.1. The molecule has 1 saturated carbocycles. The first-order valence-electron chi connectivity index (χ1n) is 7.57. The maximum atomic E-state index is 10.2. The van der Waals surface area contributed by atoms with Gasteiger partial charge in [-0.3, -0.25) is 9.88 Å². The summed E-state index contributed by atoms with van der Waals surface area (Å²) in [5.41, 5.74) is 1.27. The summed E-state index contributed by atoms with van der Waals surface area (Å²) in [6.07, 6.45) is 9.80. The summed E-state index contributed by atoms with van der Waals surface area (Å²) in [6, 6.07) is 4.10. The number of aromatic nitrogens is 1. The summed E-state index contributed by atoms with van der Waals surface area (Å²) in [5.74, 6) is 0.759. The topological polar surface area (TPSA) is 36.4 Å². The number of likely N-dealkylation sites (N-methyl/N-ethyl adjacent to an activating group) is 1. The van der Waals surface area contributed by atoms with Crippen molar-refractivity contribution < 1.29 is 5.11 Å². The van der Waals surface area contributed by atoms with Crippen LogP contribution in [0.1, 0.15) is 44.6 Å². The molecule has 2 rings (SSSR count). The van der Waals surface area contributed by atoms with Crippen LogP contribution in [0.4, 0.5) is 0 Å². The van der Waals surface area contributed by atoms with Gasteiger partial charge in [0.1, 0.15) is 0 Å². The van der Waals surface area contributed by atoms with Gasteiger partial charge in [0.15, 0.2) is 0 Å². The number of hydrogen-bond acceptors (Lipinski definition) is 3. The van der Waals surface area contributed by atoms with E-state index in [2.05, 4.69) is 16.8 Å². The van der Waals surface area contributed by atoms with E-state index in [9.17, 15) is 5.11 Å². The zero-order valence-electron chi connectivity index (χ0n) is 12.0. The van der Waals surface area contributed by atoms with Crippen molar-refractivity contribution in [3.63, 3.8) is 0 Å². The van der Waals surface area contributed by atoms with E-state index >= 15 is 0 Å². The molecule has 1 heterocycles. The van der Waals surface area contributed by atoms with Gasteiger partial charge in [0.25, 0.3) is 0 Å². The average molecular weight is 262 g/mol. The molecule has 1 aromatic heterocycles. The Morgan fingerprint density at radius 3 is 2.63 bits per heavy atom. The predicted molar refractivity (Wildman–Crippen MR) is 77.8 cm³/mol. The first kappa shape index (κ1) is 14.5. The van der Waals surface area contributed by atoms with Crippen LogP contribution in [0.2, 0.25) is 0 Å². The highest BCUT2D eigenvalue weighted by Gasteiger charge is 2.20. The predicted octanol–water partition coefficient (Wildman–Crippen LogP) is 2.84. The van der Waals surface area contributed by atoms with Crippen molar-refractivity contribution in [2.45, 2.75) is 51.7 Å². The summed E-state index contributed by atoms with van der Waals surface area (Å²) < 4.78 is 0. The van der Waals surface area contributed by atoms with Gasteiger partial charge in [-0.1, -0.05) is 32.6 Å². The number of aliphatic hydroxyl groups is 1. The Bertz CT molecular complexity index is 349. The summed E-state index contributed by atoms with van der Waals surface area (Å²) in [5, 5.41) is 10.2. The SMILES string of the molecule is CCN(Cc1ccncc1)CC(O)CC1CCCC1. The number of pyridine rings is 1. The summed E-state index contributed by atoms with van der Waals surface area (Å²) in [7, 11) is 0. The van der Waals surface area contributed by atoms with Crippen LogP contribution in [0.5, 0.6) is 0 Å². The van der Waals surface area contributed by atoms with Gasteiger partial charge in [-0.15, -0.1) is 0 Å². The third-order valence-corrected chi connectivity index (χ3v) is 4.15. The Labute approximate surface area is 116 Å². The second kappa shape index (κ2) is 7.61. The highest BCUT2D eigenvalue weighted by molar-refractivity contribution is 5.09. The van der Waals surface area contributed by atoms with Crippen molar-refractivity contribution in [3.05, 3.63) is 30.1 Å². The van der Waals surface area contributed by atoms with Gasteiger partial charge in [0.2, 0.25) is 0 Å². The molecule has 1 atom stereocenters. The minimum absolute atomic E-state index is 0.176. The fourth-order valence-electron chi connectivity index (χ4n) is 3.06. The molecule has 19 heavy (non-hydrogen) atoms. The lowest BCUT2D eigenvalue weighted by molar-refractivity contribution is 0.0903. The second-order valence-corrected chi connectivity index (χ2v) is 5.72. The monoisotopic (exact) mass is 262 g/mol. The van der Waals surface area contributed by atoms with E-state index in [0.717, 1.165) is 32.0 Å². The van der Waals surface area contributed by atoms with Crippen LogP contribution >= 0.6 is 0 Å². The largest absolute Gasteiger partial charge is 0.392 e. The first-order valence-corrected chi connectivity index (χ1v) is 7.57. The quantitative estimate of drug-likeness (QED) is 0.821. The molecule has 0 aliphatic heterocycles. The molecule has 1 aliphatic carbocycles. The van der Waals surface area contributed by atoms with Crippen molar-refractivity contribution in [2.24, 2.45) is 5.92 Å². The van der Waals surface area contributed by atoms with Gasteiger partial charge in [0.05, 0.1) is 6.10 Å². The molecular formula is C16H26N2O. The number of aliphatic hydroxyl groups excluding tert-OH is 1. The summed E-state index contributed by atoms with van der Waals surface area (Å²) in [4.78, 5) is 6.35. The minimum atomic E-state index is -0.176. The summed E-state index contributed by atoms with van der Waals surface area (Å²) in [6.45, 7) is 4.82. The molecule has 3 nitrogen and oxygen atoms in total. The molecule has 1 N–H and O–H groups in total. The fourth-order valence-corrected chi connectivity index (χ4v) is 3.06. The van der Waals surface area contributed by atoms with E-state index < -0.39 is 0 Å². The smallest absolute Gasteiger partial charge is 0.0669 e. The van der Waals surface area contributed by atoms with E-state index in [0.29, 0.717) is 0 Å². The molecule has 3 heteroatoms. The van der Waals surface area contributed by atoms with E-state index in [1.165, 1.54) is 31.2 Å². The lowest BCUT2D eigenvalue weighted by atomic mass is 10.00. The van der Waals surface area contributed by atoms with Crippen molar-refractivity contribution in [1.29, 1.82) is 0 Å². The summed E-state index contributed by atoms with van der Waals surface area (Å²) >= 11 is 0. The van der Waals surface area contributed by atoms with E-state index in [4.69, 9.17) is 0 Å². The van der Waals surface area contributed by atoms with Crippen LogP contribution in [0.3, 0.4) is 0 Å². The molecule has 1 fully saturated rings. The van der Waals surface area contributed by atoms with Gasteiger partial charge in [-0.25, -0.2) is 0 Å². The van der Waals surface area contributed by atoms with E-state index in [-0.39, 0.29) is 6.10 Å². The van der Waals surface area contributed by atoms with Crippen molar-refractivity contribution in [3.8, 4) is 0 Å². The Hall–Kier alpha value is -0.930. The lowest BCUT2D eigenvalue weighted by Gasteiger charge is -2.25. The molecule has 0 aromatic carbocycles. The lowest BCUT2D eigenvalue weighted by Crippen LogP contribution is -2.32. The number of rotatable bonds is 7. The van der Waals surface area contributed by atoms with Crippen LogP contribution in [-0.4, -0.2) is 34.2 Å². The van der Waals surface area contributed by atoms with Crippen molar-refractivity contribution in [1.82, 2.24) is 9.88 Å². The van der Waals surface area contributed by atoms with E-state index in [1.807, 2.05) is 24.5 Å². The van der Waals surface area contributed by atoms with Gasteiger partial charge >= 0.3 is 0 Å². The van der Waals surface area contributed by atoms with Gasteiger partial charge < -0.3 is 5.11 Å². The molecule has 106 valence electrons. The third-order valence-electron chi connectivity index (χ3n) is 4.15. The average Bonchev–Trinajstić information content (AvgIpc) is 2.92. The van der Waals surface area contributed by atoms with Crippen LogP contribution in [0.25, 0.3) is 0 Å². The van der Waals surface area contributed by atoms with Gasteiger partial charge in [-0.05, 0) is 36.6 Å². The van der Waals surface area contributed by atoms with Gasteiger partial charge in [-0.2, -0.15) is 0 Å². The molecule has 0 bridgehead atoms. The molecule has 0 amide bonds. The fraction of sp³-hybridized carbons (Fsp3) is 0.688. The molecule has 1 aromatic rings. The van der Waals surface area contributed by atoms with Crippen molar-refractivity contribution in [2.75, 3.05) is 13.1 Å². The first-order chi connectivity index (χ1) is 9.28. The molecule has 0 radical (unpaired) electrons. The molecule has 1 unspecified atom stereocenters. The van der Waals surface area contributed by atoms with Crippen LogP contribution < -0.4 is 0 Å². The standard InChI is InChI=1S/C16H26N2O/c1-2-18(12-15-7-9-17-10-8-15)13-16(19)11-14-5-3-4-6-14/h7-10,14,16,19H,2-6,11-13H2,1H3. The van der Waals surface area contributed by atoms with Crippen LogP contribution in [-0.2, 0) is 6.54 Å². The molecule has 0 spiro atoms. The van der Waals surface area contributed by atoms with E-state index in [1.54, 1.807) is 0 Å². The highest BCUT2D eigenvalue weighted by atomic mass is 16.3. The van der Waals surface area contributed by atoms with Crippen LogP contribution in [0.15, 0.2) is 24.5 Å². The molecular weight excluding hydrogens is 236 g/mol. The number of hydrogen-bond donors (Lipinski definition) is 1. The third kappa shape index (κ3) is 4.92. The van der Waals surface area contributed by atoms with Crippen molar-refractivity contribution >= 4 is 0 Å². The van der Waals surface area contributed by atoms with Crippen LogP contribution in [0, 0.1) is 5.92 Å². The molecule has 1 aliphatic rings. The Kier molecular flexibility index (Phi) is 5.80. The Balaban J connectivity index is 1.77. The second-order valence-electron chi connectivity index (χ2n) is 5.72.